The first kappa shape index (κ1) is 16.1. The molecule has 0 saturated carbocycles. The third-order valence-electron chi connectivity index (χ3n) is 2.90. The van der Waals surface area contributed by atoms with Gasteiger partial charge in [-0.2, -0.15) is 5.10 Å². The summed E-state index contributed by atoms with van der Waals surface area (Å²) in [4.78, 5) is 12.0. The van der Waals surface area contributed by atoms with Crippen LogP contribution in [-0.4, -0.2) is 31.4 Å². The molecule has 1 aliphatic rings. The molecule has 0 amide bonds. The molecule has 0 fully saturated rings. The van der Waals surface area contributed by atoms with Gasteiger partial charge in [-0.15, -0.1) is 5.10 Å². The summed E-state index contributed by atoms with van der Waals surface area (Å²) >= 11 is 0. The zero-order valence-corrected chi connectivity index (χ0v) is 12.7. The van der Waals surface area contributed by atoms with E-state index in [2.05, 4.69) is 15.6 Å². The number of carbonyl (C=O) groups is 1. The van der Waals surface area contributed by atoms with E-state index >= 15 is 0 Å². The Bertz CT molecular complexity index is 679. The van der Waals surface area contributed by atoms with Gasteiger partial charge in [-0.05, 0) is 31.2 Å². The zero-order chi connectivity index (χ0) is 16.8. The molecule has 122 valence electrons. The number of nitrogens with one attached hydrogen (secondary N) is 1. The number of rotatable bonds is 5. The van der Waals surface area contributed by atoms with Gasteiger partial charge in [-0.3, -0.25) is 0 Å². The molecule has 0 aromatic heterocycles. The number of ether oxygens (including phenoxy) is 3. The number of hydrogen-bond donors (Lipinski definition) is 3. The van der Waals surface area contributed by atoms with Gasteiger partial charge in [0.05, 0.1) is 13.7 Å². The lowest BCUT2D eigenvalue weighted by Crippen LogP contribution is -2.28. The number of hydrazone groups is 2. The molecule has 0 bridgehead atoms. The number of nitrogens with two attached hydrogens (primary N) is 2. The molecule has 0 saturated heterocycles. The van der Waals surface area contributed by atoms with Gasteiger partial charge in [0.15, 0.2) is 11.4 Å². The topological polar surface area (TPSA) is 134 Å². The maximum atomic E-state index is 12.0. The van der Waals surface area contributed by atoms with Crippen molar-refractivity contribution in [1.29, 1.82) is 0 Å². The minimum absolute atomic E-state index is 0.000896. The van der Waals surface area contributed by atoms with E-state index in [1.165, 1.54) is 0 Å². The SMILES string of the molecule is CCOC(=O)/C(C(N)=NN)=C1\NN=C(c2ccc(OC)cc2)O1. The maximum absolute atomic E-state index is 12.0. The second kappa shape index (κ2) is 7.16. The predicted octanol–water partition coefficient (Wildman–Crippen LogP) is -0.0178. The van der Waals surface area contributed by atoms with Crippen LogP contribution in [0.15, 0.2) is 45.9 Å². The third kappa shape index (κ3) is 3.51. The Balaban J connectivity index is 2.26. The number of hydrogen-bond acceptors (Lipinski definition) is 8. The highest BCUT2D eigenvalue weighted by Crippen LogP contribution is 2.18. The Kier molecular flexibility index (Phi) is 5.03. The molecule has 9 nitrogen and oxygen atoms in total. The lowest BCUT2D eigenvalue weighted by atomic mass is 10.2. The van der Waals surface area contributed by atoms with Crippen molar-refractivity contribution in [3.63, 3.8) is 0 Å². The monoisotopic (exact) mass is 319 g/mol. The van der Waals surface area contributed by atoms with Crippen LogP contribution in [0.5, 0.6) is 5.75 Å². The molecule has 9 heteroatoms. The standard InChI is InChI=1S/C14H17N5O4/c1-3-22-14(20)10(11(15)17-16)13-19-18-12(23-13)8-4-6-9(21-2)7-5-8/h4-7,19H,3,16H2,1-2H3,(H2,15,17)/b13-10+. The summed E-state index contributed by atoms with van der Waals surface area (Å²) in [5.41, 5.74) is 8.77. The van der Waals surface area contributed by atoms with Crippen LogP contribution in [0.2, 0.25) is 0 Å². The van der Waals surface area contributed by atoms with Crippen molar-refractivity contribution in [3.8, 4) is 5.75 Å². The maximum Gasteiger partial charge on any atom is 0.347 e. The molecule has 0 aliphatic carbocycles. The fraction of sp³-hybridized carbons (Fsp3) is 0.214. The second-order valence-corrected chi connectivity index (χ2v) is 4.30. The minimum atomic E-state index is -0.715. The quantitative estimate of drug-likeness (QED) is 0.173. The molecular formula is C14H17N5O4. The molecular weight excluding hydrogens is 302 g/mol. The Morgan fingerprint density at radius 3 is 2.65 bits per heavy atom. The fourth-order valence-corrected chi connectivity index (χ4v) is 1.79. The van der Waals surface area contributed by atoms with E-state index in [9.17, 15) is 4.79 Å². The van der Waals surface area contributed by atoms with E-state index in [0.717, 1.165) is 0 Å². The van der Waals surface area contributed by atoms with Crippen molar-refractivity contribution < 1.29 is 19.0 Å². The summed E-state index contributed by atoms with van der Waals surface area (Å²) in [7, 11) is 1.57. The molecule has 23 heavy (non-hydrogen) atoms. The number of nitrogens with zero attached hydrogens (tertiary/aromatic N) is 2. The summed E-state index contributed by atoms with van der Waals surface area (Å²) < 4.78 is 15.5. The number of esters is 1. The lowest BCUT2D eigenvalue weighted by Gasteiger charge is -2.09. The van der Waals surface area contributed by atoms with Gasteiger partial charge in [0.2, 0.25) is 11.8 Å². The van der Waals surface area contributed by atoms with Crippen molar-refractivity contribution in [2.24, 2.45) is 21.8 Å². The van der Waals surface area contributed by atoms with Crippen LogP contribution >= 0.6 is 0 Å². The Morgan fingerprint density at radius 2 is 2.09 bits per heavy atom. The fourth-order valence-electron chi connectivity index (χ4n) is 1.79. The van der Waals surface area contributed by atoms with Crippen LogP contribution in [-0.2, 0) is 14.3 Å². The average Bonchev–Trinajstić information content (AvgIpc) is 3.04. The minimum Gasteiger partial charge on any atom is -0.497 e. The Hall–Kier alpha value is -3.23. The molecule has 1 aliphatic heterocycles. The van der Waals surface area contributed by atoms with Crippen LogP contribution in [0.1, 0.15) is 12.5 Å². The molecule has 0 radical (unpaired) electrons. The van der Waals surface area contributed by atoms with E-state index in [0.29, 0.717) is 11.3 Å². The highest BCUT2D eigenvalue weighted by atomic mass is 16.5. The Labute approximate surface area is 132 Å². The zero-order valence-electron chi connectivity index (χ0n) is 12.7. The van der Waals surface area contributed by atoms with Crippen LogP contribution in [0.25, 0.3) is 0 Å². The highest BCUT2D eigenvalue weighted by Gasteiger charge is 2.27. The van der Waals surface area contributed by atoms with Gasteiger partial charge in [0.1, 0.15) is 5.75 Å². The van der Waals surface area contributed by atoms with E-state index in [4.69, 9.17) is 25.8 Å². The van der Waals surface area contributed by atoms with E-state index < -0.39 is 5.97 Å². The smallest absolute Gasteiger partial charge is 0.347 e. The summed E-state index contributed by atoms with van der Waals surface area (Å²) in [5, 5.41) is 7.32. The molecule has 0 unspecified atom stereocenters. The summed E-state index contributed by atoms with van der Waals surface area (Å²) in [6, 6.07) is 7.02. The average molecular weight is 319 g/mol. The first-order chi connectivity index (χ1) is 11.1. The summed E-state index contributed by atoms with van der Waals surface area (Å²) in [5.74, 6) is 5.16. The number of benzene rings is 1. The largest absolute Gasteiger partial charge is 0.497 e. The Morgan fingerprint density at radius 1 is 1.39 bits per heavy atom. The van der Waals surface area contributed by atoms with Gasteiger partial charge in [-0.25, -0.2) is 10.2 Å². The van der Waals surface area contributed by atoms with Crippen molar-refractivity contribution in [1.82, 2.24) is 5.43 Å². The van der Waals surface area contributed by atoms with Gasteiger partial charge >= 0.3 is 5.97 Å². The normalized spacial score (nSPS) is 16.1. The lowest BCUT2D eigenvalue weighted by molar-refractivity contribution is -0.138. The first-order valence-electron chi connectivity index (χ1n) is 6.71. The number of methoxy groups -OCH3 is 1. The van der Waals surface area contributed by atoms with Crippen LogP contribution in [0.4, 0.5) is 0 Å². The van der Waals surface area contributed by atoms with Gasteiger partial charge < -0.3 is 25.8 Å². The molecule has 1 aromatic carbocycles. The number of carbonyl (C=O) groups excluding carboxylic acids is 1. The van der Waals surface area contributed by atoms with E-state index in [-0.39, 0.29) is 29.8 Å². The van der Waals surface area contributed by atoms with Crippen LogP contribution in [0.3, 0.4) is 0 Å². The predicted molar refractivity (Wildman–Crippen MR) is 83.2 cm³/mol. The van der Waals surface area contributed by atoms with Gasteiger partial charge in [0.25, 0.3) is 0 Å². The van der Waals surface area contributed by atoms with Crippen molar-refractivity contribution in [2.75, 3.05) is 13.7 Å². The summed E-state index contributed by atoms with van der Waals surface area (Å²) in [6.45, 7) is 1.83. The van der Waals surface area contributed by atoms with E-state index in [1.54, 1.807) is 38.3 Å². The molecule has 0 spiro atoms. The molecule has 5 N–H and O–H groups in total. The van der Waals surface area contributed by atoms with Gasteiger partial charge in [0, 0.05) is 5.56 Å². The third-order valence-corrected chi connectivity index (χ3v) is 2.90. The van der Waals surface area contributed by atoms with Crippen molar-refractivity contribution >= 4 is 17.7 Å². The molecule has 0 atom stereocenters. The van der Waals surface area contributed by atoms with E-state index in [1.807, 2.05) is 0 Å². The van der Waals surface area contributed by atoms with Crippen molar-refractivity contribution in [2.45, 2.75) is 6.92 Å². The van der Waals surface area contributed by atoms with Crippen LogP contribution < -0.4 is 21.7 Å². The van der Waals surface area contributed by atoms with Crippen LogP contribution in [0, 0.1) is 0 Å². The van der Waals surface area contributed by atoms with Gasteiger partial charge in [-0.1, -0.05) is 0 Å². The molecule has 1 aromatic rings. The molecule has 2 rings (SSSR count). The molecule has 1 heterocycles. The first-order valence-corrected chi connectivity index (χ1v) is 6.71. The highest BCUT2D eigenvalue weighted by molar-refractivity contribution is 6.18. The number of amidine groups is 1. The van der Waals surface area contributed by atoms with Crippen molar-refractivity contribution in [3.05, 3.63) is 41.3 Å². The summed E-state index contributed by atoms with van der Waals surface area (Å²) in [6.07, 6.45) is 0. The second-order valence-electron chi connectivity index (χ2n) is 4.30.